The lowest BCUT2D eigenvalue weighted by Gasteiger charge is -2.17. The van der Waals surface area contributed by atoms with Gasteiger partial charge >= 0.3 is 0 Å². The molecular formula is C28H28N2O3. The number of anilines is 2. The first kappa shape index (κ1) is 22.3. The van der Waals surface area contributed by atoms with Crippen LogP contribution in [0.25, 0.3) is 5.57 Å². The highest BCUT2D eigenvalue weighted by atomic mass is 16.5. The Morgan fingerprint density at radius 1 is 0.788 bits per heavy atom. The number of nitrogens with one attached hydrogen (secondary N) is 1. The second-order valence-corrected chi connectivity index (χ2v) is 8.42. The highest BCUT2D eigenvalue weighted by molar-refractivity contribution is 6.46. The molecule has 0 saturated heterocycles. The fourth-order valence-corrected chi connectivity index (χ4v) is 4.07. The van der Waals surface area contributed by atoms with Crippen LogP contribution in [0.15, 0.2) is 66.4 Å². The first-order valence-corrected chi connectivity index (χ1v) is 11.1. The van der Waals surface area contributed by atoms with E-state index in [1.807, 2.05) is 95.3 Å². The van der Waals surface area contributed by atoms with Gasteiger partial charge in [-0.1, -0.05) is 24.3 Å². The molecule has 0 unspecified atom stereocenters. The molecule has 4 rings (SSSR count). The fourth-order valence-electron chi connectivity index (χ4n) is 4.07. The van der Waals surface area contributed by atoms with Crippen molar-refractivity contribution in [2.24, 2.45) is 0 Å². The van der Waals surface area contributed by atoms with E-state index in [2.05, 4.69) is 5.32 Å². The quantitative estimate of drug-likeness (QED) is 0.499. The van der Waals surface area contributed by atoms with Crippen LogP contribution in [0.4, 0.5) is 11.4 Å². The third-order valence-corrected chi connectivity index (χ3v) is 5.78. The van der Waals surface area contributed by atoms with E-state index in [0.29, 0.717) is 23.6 Å². The summed E-state index contributed by atoms with van der Waals surface area (Å²) < 4.78 is 5.51. The molecule has 0 radical (unpaired) electrons. The second-order valence-electron chi connectivity index (χ2n) is 8.42. The van der Waals surface area contributed by atoms with Crippen molar-refractivity contribution in [1.82, 2.24) is 0 Å². The van der Waals surface area contributed by atoms with Crippen molar-refractivity contribution < 1.29 is 14.3 Å². The molecule has 0 bridgehead atoms. The number of hydrogen-bond donors (Lipinski definition) is 1. The normalized spacial score (nSPS) is 13.7. The van der Waals surface area contributed by atoms with Gasteiger partial charge in [0.15, 0.2) is 0 Å². The molecule has 168 valence electrons. The van der Waals surface area contributed by atoms with Crippen molar-refractivity contribution >= 4 is 28.8 Å². The maximum atomic E-state index is 13.7. The number of rotatable bonds is 6. The van der Waals surface area contributed by atoms with Gasteiger partial charge in [-0.05, 0) is 98.8 Å². The molecule has 1 heterocycles. The van der Waals surface area contributed by atoms with E-state index in [-0.39, 0.29) is 17.5 Å². The highest BCUT2D eigenvalue weighted by Gasteiger charge is 2.40. The molecule has 0 aromatic heterocycles. The summed E-state index contributed by atoms with van der Waals surface area (Å²) in [5.41, 5.74) is 6.82. The molecule has 5 nitrogen and oxygen atoms in total. The number of amides is 2. The van der Waals surface area contributed by atoms with Gasteiger partial charge in [0.25, 0.3) is 11.8 Å². The van der Waals surface area contributed by atoms with Gasteiger partial charge in [-0.15, -0.1) is 0 Å². The van der Waals surface area contributed by atoms with E-state index in [9.17, 15) is 9.59 Å². The van der Waals surface area contributed by atoms with Gasteiger partial charge in [-0.3, -0.25) is 9.59 Å². The van der Waals surface area contributed by atoms with Crippen molar-refractivity contribution in [2.45, 2.75) is 34.6 Å². The lowest BCUT2D eigenvalue weighted by molar-refractivity contribution is -0.120. The summed E-state index contributed by atoms with van der Waals surface area (Å²) in [5.74, 6) is 0.0471. The number of aryl methyl sites for hydroxylation is 4. The number of benzene rings is 3. The topological polar surface area (TPSA) is 58.6 Å². The Bertz CT molecular complexity index is 1250. The molecule has 33 heavy (non-hydrogen) atoms. The Morgan fingerprint density at radius 3 is 2.06 bits per heavy atom. The summed E-state index contributed by atoms with van der Waals surface area (Å²) >= 11 is 0. The molecule has 1 aliphatic heterocycles. The number of carbonyl (C=O) groups is 2. The molecule has 0 atom stereocenters. The number of carbonyl (C=O) groups excluding carboxylic acids is 2. The minimum absolute atomic E-state index is 0.270. The second kappa shape index (κ2) is 8.94. The third-order valence-electron chi connectivity index (χ3n) is 5.78. The standard InChI is InChI=1S/C28H28N2O3/c1-6-33-24-11-9-22(10-12-24)29-26-25(21-8-7-19(4)20(5)16-21)27(31)30(28(26)32)23-14-17(2)13-18(3)15-23/h7-16,29H,6H2,1-5H3. The van der Waals surface area contributed by atoms with Crippen LogP contribution >= 0.6 is 0 Å². The Labute approximate surface area is 194 Å². The van der Waals surface area contributed by atoms with Gasteiger partial charge in [0.1, 0.15) is 11.4 Å². The molecule has 1 aliphatic rings. The third kappa shape index (κ3) is 4.40. The lowest BCUT2D eigenvalue weighted by atomic mass is 9.99. The zero-order chi connectivity index (χ0) is 23.7. The highest BCUT2D eigenvalue weighted by Crippen LogP contribution is 2.35. The molecule has 0 saturated carbocycles. The van der Waals surface area contributed by atoms with Crippen molar-refractivity contribution in [3.63, 3.8) is 0 Å². The van der Waals surface area contributed by atoms with Gasteiger partial charge in [0.05, 0.1) is 17.9 Å². The minimum Gasteiger partial charge on any atom is -0.494 e. The SMILES string of the molecule is CCOc1ccc(NC2=C(c3ccc(C)c(C)c3)C(=O)N(c3cc(C)cc(C)c3)C2=O)cc1. The van der Waals surface area contributed by atoms with Crippen LogP contribution in [0, 0.1) is 27.7 Å². The van der Waals surface area contributed by atoms with E-state index in [1.54, 1.807) is 0 Å². The van der Waals surface area contributed by atoms with Gasteiger partial charge in [0.2, 0.25) is 0 Å². The molecule has 3 aromatic carbocycles. The molecule has 3 aromatic rings. The van der Waals surface area contributed by atoms with E-state index in [0.717, 1.165) is 33.6 Å². The maximum Gasteiger partial charge on any atom is 0.282 e. The summed E-state index contributed by atoms with van der Waals surface area (Å²) in [4.78, 5) is 28.5. The lowest BCUT2D eigenvalue weighted by Crippen LogP contribution is -2.32. The summed E-state index contributed by atoms with van der Waals surface area (Å²) in [6.07, 6.45) is 0. The smallest absolute Gasteiger partial charge is 0.282 e. The predicted octanol–water partition coefficient (Wildman–Crippen LogP) is 5.72. The van der Waals surface area contributed by atoms with Gasteiger partial charge in [-0.25, -0.2) is 4.90 Å². The molecule has 0 fully saturated rings. The molecular weight excluding hydrogens is 412 g/mol. The maximum absolute atomic E-state index is 13.7. The van der Waals surface area contributed by atoms with Crippen molar-refractivity contribution in [3.8, 4) is 5.75 Å². The molecule has 0 spiro atoms. The van der Waals surface area contributed by atoms with Crippen LogP contribution in [0.1, 0.15) is 34.7 Å². The zero-order valence-corrected chi connectivity index (χ0v) is 19.7. The van der Waals surface area contributed by atoms with Crippen LogP contribution in [0.5, 0.6) is 5.75 Å². The molecule has 0 aliphatic carbocycles. The largest absolute Gasteiger partial charge is 0.494 e. The van der Waals surface area contributed by atoms with Gasteiger partial charge in [0, 0.05) is 5.69 Å². The van der Waals surface area contributed by atoms with Crippen LogP contribution in [-0.2, 0) is 9.59 Å². The van der Waals surface area contributed by atoms with Crippen LogP contribution in [0.3, 0.4) is 0 Å². The Hall–Kier alpha value is -3.86. The monoisotopic (exact) mass is 440 g/mol. The molecule has 5 heteroatoms. The van der Waals surface area contributed by atoms with Gasteiger partial charge < -0.3 is 10.1 Å². The number of imide groups is 1. The Balaban J connectivity index is 1.80. The Morgan fingerprint density at radius 2 is 1.45 bits per heavy atom. The van der Waals surface area contributed by atoms with Crippen molar-refractivity contribution in [2.75, 3.05) is 16.8 Å². The van der Waals surface area contributed by atoms with Crippen LogP contribution in [-0.4, -0.2) is 18.4 Å². The van der Waals surface area contributed by atoms with E-state index >= 15 is 0 Å². The number of nitrogens with zero attached hydrogens (tertiary/aromatic N) is 1. The van der Waals surface area contributed by atoms with E-state index < -0.39 is 0 Å². The van der Waals surface area contributed by atoms with Crippen LogP contribution in [0.2, 0.25) is 0 Å². The van der Waals surface area contributed by atoms with E-state index in [1.165, 1.54) is 4.90 Å². The van der Waals surface area contributed by atoms with E-state index in [4.69, 9.17) is 4.74 Å². The zero-order valence-electron chi connectivity index (χ0n) is 19.7. The first-order valence-electron chi connectivity index (χ1n) is 11.1. The first-order chi connectivity index (χ1) is 15.8. The fraction of sp³-hybridized carbons (Fsp3) is 0.214. The number of hydrogen-bond acceptors (Lipinski definition) is 4. The van der Waals surface area contributed by atoms with Crippen LogP contribution < -0.4 is 15.0 Å². The summed E-state index contributed by atoms with van der Waals surface area (Å²) in [7, 11) is 0. The van der Waals surface area contributed by atoms with Crippen molar-refractivity contribution in [3.05, 3.63) is 94.2 Å². The average Bonchev–Trinajstić information content (AvgIpc) is 3.00. The van der Waals surface area contributed by atoms with Crippen molar-refractivity contribution in [1.29, 1.82) is 0 Å². The summed E-state index contributed by atoms with van der Waals surface area (Å²) in [6.45, 7) is 10.4. The summed E-state index contributed by atoms with van der Waals surface area (Å²) in [5, 5.41) is 3.21. The molecule has 2 amide bonds. The number of ether oxygens (including phenoxy) is 1. The Kier molecular flexibility index (Phi) is 6.05. The van der Waals surface area contributed by atoms with Gasteiger partial charge in [-0.2, -0.15) is 0 Å². The predicted molar refractivity (Wildman–Crippen MR) is 132 cm³/mol. The minimum atomic E-state index is -0.368. The summed E-state index contributed by atoms with van der Waals surface area (Å²) in [6, 6.07) is 18.9. The average molecular weight is 441 g/mol. The molecule has 1 N–H and O–H groups in total.